The first-order chi connectivity index (χ1) is 46.0. The van der Waals surface area contributed by atoms with E-state index < -0.39 is 78.6 Å². The first-order valence-corrected chi connectivity index (χ1v) is 33.4. The summed E-state index contributed by atoms with van der Waals surface area (Å²) in [6.07, 6.45) is 3.89. The van der Waals surface area contributed by atoms with E-state index in [1.807, 2.05) is 66.7 Å². The number of nitrogens with zero attached hydrogens (tertiary/aromatic N) is 3. The Bertz CT molecular complexity index is 3860. The summed E-state index contributed by atoms with van der Waals surface area (Å²) >= 11 is 0. The molecule has 22 nitrogen and oxygen atoms in total. The molecule has 6 saturated carbocycles. The molecule has 506 valence electrons. The number of nitrogens with two attached hydrogens (primary N) is 1. The summed E-state index contributed by atoms with van der Waals surface area (Å²) in [5, 5.41) is 36.6. The zero-order valence-electron chi connectivity index (χ0n) is 54.6. The SMILES string of the molecule is CN(CCN(C)C(=O)OCc1ccc(O[C@@H]2OC[C@@H](O)[C@H](O)[C@H]2O)c(NC(=O)CCNC(=O)CCC(=O)N2Cc3ccccc3C#Cc3ccccc32)c1)C(=O)OCC(=O)[C@@]12O[C@H](c3ccc(CC45CC(N)(C4)C5)cc3)O[C@@H]1C[C@H]1[C@@H]3CCC4=CC(=O)C=C[C@]4(C)[C@H]3CC[C@@]12C. The molecule has 0 radical (unpaired) electrons. The molecule has 22 heteroatoms. The van der Waals surface area contributed by atoms with Crippen molar-refractivity contribution in [2.75, 3.05) is 57.2 Å². The van der Waals surface area contributed by atoms with Crippen molar-refractivity contribution in [1.82, 2.24) is 15.1 Å². The number of nitrogens with one attached hydrogen (secondary N) is 2. The molecule has 7 N–H and O–H groups in total. The fourth-order valence-corrected chi connectivity index (χ4v) is 17.2. The minimum absolute atomic E-state index is 0.000883. The van der Waals surface area contributed by atoms with Gasteiger partial charge in [-0.1, -0.05) is 98.0 Å². The standard InChI is InChI=1S/C74H84N6O16/c1-70-28-25-51(81)34-50(70)20-21-52-53(70)26-29-71(2)54(52)35-60-74(71,96-66(95-60)48-16-13-44(14-17-48)36-72-41-73(75,42-72)43-72)59(83)40-93-69(90)79(4)32-31-78(3)68(89)92-38-45-15-22-58(94-67-65(88)64(87)57(82)39-91-67)55(33-45)77-62(85)27-30-76-61(84)23-24-63(86)80-37-49-11-6-5-9-46(49)18-19-47-10-7-8-12-56(47)80/h5-17,22,25,28,33-34,52-54,57,60,64-67,82,87-88H,20-21,23-24,26-27,29-32,35-43,75H2,1-4H3,(H,76,84)(H,77,85)/t52-,53+,54+,57-,60-,64+,65-,66-,67+,70+,71+,72?,73?,74-/m1/s1. The highest BCUT2D eigenvalue weighted by atomic mass is 16.7. The molecule has 2 saturated heterocycles. The maximum Gasteiger partial charge on any atom is 0.409 e. The normalized spacial score (nSPS) is 31.5. The van der Waals surface area contributed by atoms with E-state index in [1.165, 1.54) is 47.2 Å². The molecule has 14 rings (SSSR count). The minimum Gasteiger partial charge on any atom is -0.460 e. The Balaban J connectivity index is 0.610. The molecule has 2 bridgehead atoms. The van der Waals surface area contributed by atoms with Gasteiger partial charge in [-0.15, -0.1) is 0 Å². The second kappa shape index (κ2) is 26.3. The molecule has 0 spiro atoms. The molecule has 0 aromatic heterocycles. The number of hydrogen-bond acceptors (Lipinski definition) is 17. The summed E-state index contributed by atoms with van der Waals surface area (Å²) < 4.78 is 36.9. The van der Waals surface area contributed by atoms with Gasteiger partial charge in [-0.25, -0.2) is 9.59 Å². The monoisotopic (exact) mass is 1310 g/mol. The van der Waals surface area contributed by atoms with Crippen molar-refractivity contribution in [3.8, 4) is 17.6 Å². The van der Waals surface area contributed by atoms with E-state index in [1.54, 1.807) is 17.0 Å². The zero-order valence-corrected chi connectivity index (χ0v) is 54.6. The average Bonchev–Trinajstić information content (AvgIpc) is 1.57. The van der Waals surface area contributed by atoms with E-state index >= 15 is 4.79 Å². The molecule has 3 aliphatic heterocycles. The van der Waals surface area contributed by atoms with Gasteiger partial charge in [0.05, 0.1) is 30.6 Å². The number of para-hydroxylation sites is 1. The summed E-state index contributed by atoms with van der Waals surface area (Å²) in [6, 6.07) is 27.6. The lowest BCUT2D eigenvalue weighted by atomic mass is 9.38. The molecule has 0 unspecified atom stereocenters. The zero-order chi connectivity index (χ0) is 67.5. The second-order valence-corrected chi connectivity index (χ2v) is 28.5. The highest BCUT2D eigenvalue weighted by molar-refractivity contribution is 6.01. The number of benzene rings is 4. The molecule has 3 heterocycles. The predicted octanol–water partition coefficient (Wildman–Crippen LogP) is 7.08. The summed E-state index contributed by atoms with van der Waals surface area (Å²) in [5.41, 5.74) is 11.0. The van der Waals surface area contributed by atoms with Crippen LogP contribution in [-0.4, -0.2) is 155 Å². The van der Waals surface area contributed by atoms with Crippen LogP contribution in [0, 0.1) is 45.8 Å². The molecule has 96 heavy (non-hydrogen) atoms. The minimum atomic E-state index is -1.67. The Morgan fingerprint density at radius 3 is 2.27 bits per heavy atom. The number of amides is 5. The molecule has 5 amide bonds. The quantitative estimate of drug-likeness (QED) is 0.0482. The molecular weight excluding hydrogens is 1230 g/mol. The van der Waals surface area contributed by atoms with Gasteiger partial charge in [-0.2, -0.15) is 0 Å². The van der Waals surface area contributed by atoms with Gasteiger partial charge in [0, 0.05) is 86.1 Å². The van der Waals surface area contributed by atoms with E-state index in [-0.39, 0.29) is 122 Å². The van der Waals surface area contributed by atoms with Gasteiger partial charge >= 0.3 is 12.2 Å². The van der Waals surface area contributed by atoms with E-state index in [4.69, 9.17) is 34.2 Å². The van der Waals surface area contributed by atoms with Gasteiger partial charge in [0.15, 0.2) is 24.3 Å². The van der Waals surface area contributed by atoms with Crippen LogP contribution in [0.1, 0.15) is 124 Å². The summed E-state index contributed by atoms with van der Waals surface area (Å²) in [7, 11) is 2.99. The van der Waals surface area contributed by atoms with Gasteiger partial charge in [-0.05, 0) is 140 Å². The van der Waals surface area contributed by atoms with Gasteiger partial charge < -0.3 is 74.8 Å². The Morgan fingerprint density at radius 1 is 0.802 bits per heavy atom. The third-order valence-corrected chi connectivity index (χ3v) is 22.2. The summed E-state index contributed by atoms with van der Waals surface area (Å²) in [5.74, 6) is 5.24. The van der Waals surface area contributed by atoms with Crippen molar-refractivity contribution < 1.29 is 77.3 Å². The first kappa shape index (κ1) is 66.3. The Kier molecular flexibility index (Phi) is 18.2. The van der Waals surface area contributed by atoms with Gasteiger partial charge in [0.1, 0.15) is 30.7 Å². The third-order valence-electron chi connectivity index (χ3n) is 22.2. The number of ether oxygens (including phenoxy) is 6. The van der Waals surface area contributed by atoms with Crippen molar-refractivity contribution in [2.24, 2.45) is 39.7 Å². The van der Waals surface area contributed by atoms with Crippen molar-refractivity contribution in [1.29, 1.82) is 0 Å². The highest BCUT2D eigenvalue weighted by Gasteiger charge is 2.75. The van der Waals surface area contributed by atoms with Gasteiger partial charge in [-0.3, -0.25) is 24.0 Å². The van der Waals surface area contributed by atoms with Gasteiger partial charge in [0.25, 0.3) is 0 Å². The predicted molar refractivity (Wildman–Crippen MR) is 349 cm³/mol. The fraction of sp³-hybridized carbons (Fsp3) is 0.500. The van der Waals surface area contributed by atoms with E-state index in [9.17, 15) is 44.1 Å². The lowest BCUT2D eigenvalue weighted by Gasteiger charge is -2.69. The molecule has 7 aliphatic carbocycles. The van der Waals surface area contributed by atoms with Crippen molar-refractivity contribution in [3.05, 3.63) is 148 Å². The number of aliphatic hydroxyl groups is 3. The molecule has 4 aromatic rings. The summed E-state index contributed by atoms with van der Waals surface area (Å²) in [6.45, 7) is 3.33. The number of fused-ring (bicyclic) bond motifs is 9. The van der Waals surface area contributed by atoms with Crippen LogP contribution in [0.25, 0.3) is 0 Å². The molecule has 12 atom stereocenters. The van der Waals surface area contributed by atoms with E-state index in [2.05, 4.69) is 54.5 Å². The largest absolute Gasteiger partial charge is 0.460 e. The van der Waals surface area contributed by atoms with Crippen LogP contribution in [0.5, 0.6) is 5.75 Å². The van der Waals surface area contributed by atoms with E-state index in [0.717, 1.165) is 61.6 Å². The maximum absolute atomic E-state index is 15.2. The number of ketones is 2. The van der Waals surface area contributed by atoms with Crippen LogP contribution in [0.2, 0.25) is 0 Å². The molecule has 8 fully saturated rings. The molecule has 10 aliphatic rings. The van der Waals surface area contributed by atoms with Crippen LogP contribution in [0.4, 0.5) is 21.0 Å². The number of likely N-dealkylation sites (N-methyl/N-ethyl adjacent to an activating group) is 2. The topological polar surface area (TPSA) is 295 Å². The van der Waals surface area contributed by atoms with Crippen molar-refractivity contribution in [2.45, 2.75) is 152 Å². The molecular formula is C74H84N6O16. The number of aliphatic hydroxyl groups excluding tert-OH is 3. The number of anilines is 2. The number of carbonyl (C=O) groups is 7. The van der Waals surface area contributed by atoms with Crippen LogP contribution in [0.15, 0.2) is 115 Å². The Hall–Kier alpha value is -8.27. The lowest BCUT2D eigenvalue weighted by molar-refractivity contribution is -0.241. The molecule has 4 aromatic carbocycles. The second-order valence-electron chi connectivity index (χ2n) is 28.5. The lowest BCUT2D eigenvalue weighted by Crippen LogP contribution is -2.72. The number of carbonyl (C=O) groups excluding carboxylic acids is 7. The van der Waals surface area contributed by atoms with Crippen molar-refractivity contribution in [3.63, 3.8) is 0 Å². The maximum atomic E-state index is 15.2. The smallest absolute Gasteiger partial charge is 0.409 e. The van der Waals surface area contributed by atoms with Crippen LogP contribution < -0.4 is 26.0 Å². The van der Waals surface area contributed by atoms with Crippen LogP contribution in [-0.2, 0) is 67.2 Å². The van der Waals surface area contributed by atoms with Crippen molar-refractivity contribution >= 4 is 52.8 Å². The highest BCUT2D eigenvalue weighted by Crippen LogP contribution is 2.71. The number of Topliss-reactive ketones (excluding diaryl/α,β-unsaturated/α-hetero) is 1. The summed E-state index contributed by atoms with van der Waals surface area (Å²) in [4.78, 5) is 99.6. The number of hydrogen-bond donors (Lipinski definition) is 6. The van der Waals surface area contributed by atoms with Crippen LogP contribution in [0.3, 0.4) is 0 Å². The number of allylic oxidation sites excluding steroid dienone is 4. The van der Waals surface area contributed by atoms with Gasteiger partial charge in [0.2, 0.25) is 29.8 Å². The number of rotatable bonds is 20. The van der Waals surface area contributed by atoms with E-state index in [0.29, 0.717) is 29.7 Å². The fourth-order valence-electron chi connectivity index (χ4n) is 17.2. The first-order valence-electron chi connectivity index (χ1n) is 33.4. The van der Waals surface area contributed by atoms with Crippen LogP contribution >= 0.6 is 0 Å². The Labute approximate surface area is 557 Å². The Morgan fingerprint density at radius 2 is 1.51 bits per heavy atom. The average molecular weight is 1310 g/mol. The third kappa shape index (κ3) is 12.6.